The van der Waals surface area contributed by atoms with Crippen LogP contribution in [0.2, 0.25) is 0 Å². The first-order valence-corrected chi connectivity index (χ1v) is 8.02. The van der Waals surface area contributed by atoms with Crippen molar-refractivity contribution in [2.75, 3.05) is 6.26 Å². The van der Waals surface area contributed by atoms with Crippen molar-refractivity contribution in [3.8, 4) is 0 Å². The SMILES string of the molecule is CS(=O)(=O)[C@](Cl)(Br)[C@@H](O)c1ccc(Br)cc1. The van der Waals surface area contributed by atoms with Crippen molar-refractivity contribution in [2.24, 2.45) is 0 Å². The molecule has 1 rings (SSSR count). The summed E-state index contributed by atoms with van der Waals surface area (Å²) < 4.78 is 21.7. The van der Waals surface area contributed by atoms with Gasteiger partial charge < -0.3 is 5.11 Å². The molecule has 1 aromatic carbocycles. The standard InChI is InChI=1S/C9H9Br2ClO3S/c1-16(14,15)9(11,12)8(13)6-2-4-7(10)5-3-6/h2-5,8,13H,1H3/t8-,9-/m0/s1. The normalized spacial score (nSPS) is 17.8. The van der Waals surface area contributed by atoms with Crippen LogP contribution in [0.4, 0.5) is 0 Å². The second-order valence-electron chi connectivity index (χ2n) is 3.29. The summed E-state index contributed by atoms with van der Waals surface area (Å²) in [5.74, 6) is 0. The van der Waals surface area contributed by atoms with E-state index in [1.54, 1.807) is 24.3 Å². The quantitative estimate of drug-likeness (QED) is 0.805. The highest BCUT2D eigenvalue weighted by molar-refractivity contribution is 9.12. The third-order valence-electron chi connectivity index (χ3n) is 2.00. The maximum atomic E-state index is 11.4. The number of hydrogen-bond donors (Lipinski definition) is 1. The Bertz CT molecular complexity index is 470. The number of rotatable bonds is 3. The van der Waals surface area contributed by atoms with E-state index in [2.05, 4.69) is 31.9 Å². The number of halogens is 3. The molecule has 0 bridgehead atoms. The van der Waals surface area contributed by atoms with Crippen molar-refractivity contribution in [1.82, 2.24) is 0 Å². The fraction of sp³-hybridized carbons (Fsp3) is 0.333. The first kappa shape index (κ1) is 14.4. The van der Waals surface area contributed by atoms with E-state index >= 15 is 0 Å². The topological polar surface area (TPSA) is 54.4 Å². The van der Waals surface area contributed by atoms with Crippen molar-refractivity contribution in [3.05, 3.63) is 34.3 Å². The van der Waals surface area contributed by atoms with Crippen LogP contribution >= 0.6 is 43.5 Å². The lowest BCUT2D eigenvalue weighted by atomic mass is 10.1. The van der Waals surface area contributed by atoms with Crippen molar-refractivity contribution >= 4 is 53.3 Å². The van der Waals surface area contributed by atoms with Gasteiger partial charge in [-0.2, -0.15) is 0 Å². The van der Waals surface area contributed by atoms with Crippen LogP contribution in [-0.2, 0) is 9.84 Å². The third kappa shape index (κ3) is 2.98. The molecule has 3 nitrogen and oxygen atoms in total. The van der Waals surface area contributed by atoms with Crippen LogP contribution < -0.4 is 0 Å². The number of hydrogen-bond acceptors (Lipinski definition) is 3. The van der Waals surface area contributed by atoms with Gasteiger partial charge in [0.25, 0.3) is 0 Å². The summed E-state index contributed by atoms with van der Waals surface area (Å²) in [5, 5.41) is 9.90. The van der Waals surface area contributed by atoms with Crippen molar-refractivity contribution in [1.29, 1.82) is 0 Å². The summed E-state index contributed by atoms with van der Waals surface area (Å²) in [7, 11) is -3.64. The van der Waals surface area contributed by atoms with Gasteiger partial charge in [0.15, 0.2) is 9.84 Å². The molecule has 1 N–H and O–H groups in total. The zero-order valence-corrected chi connectivity index (χ0v) is 12.9. The van der Waals surface area contributed by atoms with Gasteiger partial charge in [-0.05, 0) is 33.6 Å². The Kier molecular flexibility index (Phi) is 4.46. The molecular weight excluding hydrogens is 383 g/mol. The third-order valence-corrected chi connectivity index (χ3v) is 6.98. The van der Waals surface area contributed by atoms with Crippen LogP contribution in [0, 0.1) is 0 Å². The molecule has 7 heteroatoms. The van der Waals surface area contributed by atoms with E-state index in [0.717, 1.165) is 10.7 Å². The van der Waals surface area contributed by atoms with E-state index in [4.69, 9.17) is 11.6 Å². The van der Waals surface area contributed by atoms with Gasteiger partial charge in [-0.25, -0.2) is 8.42 Å². The fourth-order valence-corrected chi connectivity index (χ4v) is 2.24. The highest BCUT2D eigenvalue weighted by atomic mass is 79.9. The van der Waals surface area contributed by atoms with Crippen molar-refractivity contribution in [2.45, 2.75) is 9.22 Å². The Morgan fingerprint density at radius 3 is 2.19 bits per heavy atom. The first-order chi connectivity index (χ1) is 7.16. The van der Waals surface area contributed by atoms with E-state index in [1.807, 2.05) is 0 Å². The van der Waals surface area contributed by atoms with Gasteiger partial charge in [-0.3, -0.25) is 0 Å². The maximum absolute atomic E-state index is 11.4. The minimum absolute atomic E-state index is 0.417. The Labute approximate surface area is 116 Å². The first-order valence-electron chi connectivity index (χ1n) is 4.17. The average molecular weight is 392 g/mol. The van der Waals surface area contributed by atoms with Crippen LogP contribution in [0.25, 0.3) is 0 Å². The molecule has 0 fully saturated rings. The lowest BCUT2D eigenvalue weighted by Gasteiger charge is -2.24. The molecule has 0 unspecified atom stereocenters. The number of aliphatic hydroxyl groups is 1. The van der Waals surface area contributed by atoms with E-state index in [-0.39, 0.29) is 0 Å². The van der Waals surface area contributed by atoms with E-state index in [1.165, 1.54) is 0 Å². The predicted molar refractivity (Wildman–Crippen MR) is 71.5 cm³/mol. The van der Waals surface area contributed by atoms with Gasteiger partial charge in [-0.15, -0.1) is 0 Å². The number of sulfone groups is 1. The van der Waals surface area contributed by atoms with Gasteiger partial charge in [0.1, 0.15) is 6.10 Å². The molecule has 0 aliphatic carbocycles. The summed E-state index contributed by atoms with van der Waals surface area (Å²) in [4.78, 5) is 0. The Balaban J connectivity index is 3.12. The molecule has 0 aliphatic heterocycles. The summed E-state index contributed by atoms with van der Waals surface area (Å²) in [6.07, 6.45) is -0.395. The minimum atomic E-state index is -3.64. The van der Waals surface area contributed by atoms with Gasteiger partial charge in [0.2, 0.25) is 3.12 Å². The van der Waals surface area contributed by atoms with Crippen LogP contribution in [-0.4, -0.2) is 22.9 Å². The van der Waals surface area contributed by atoms with Gasteiger partial charge >= 0.3 is 0 Å². The minimum Gasteiger partial charge on any atom is -0.385 e. The Hall–Kier alpha value is 0.380. The summed E-state index contributed by atoms with van der Waals surface area (Å²) in [6, 6.07) is 6.58. The molecule has 0 aromatic heterocycles. The molecular formula is C9H9Br2ClO3S. The molecule has 0 aliphatic rings. The Morgan fingerprint density at radius 1 is 1.38 bits per heavy atom. The number of alkyl halides is 2. The van der Waals surface area contributed by atoms with Crippen molar-refractivity contribution in [3.63, 3.8) is 0 Å². The van der Waals surface area contributed by atoms with E-state index in [9.17, 15) is 13.5 Å². The monoisotopic (exact) mass is 390 g/mol. The van der Waals surface area contributed by atoms with Gasteiger partial charge in [-0.1, -0.05) is 39.7 Å². The van der Waals surface area contributed by atoms with E-state index < -0.39 is 19.1 Å². The molecule has 16 heavy (non-hydrogen) atoms. The molecule has 0 saturated heterocycles. The Morgan fingerprint density at radius 2 is 1.81 bits per heavy atom. The molecule has 0 radical (unpaired) electrons. The number of benzene rings is 1. The number of aliphatic hydroxyl groups excluding tert-OH is 1. The average Bonchev–Trinajstić information content (AvgIpc) is 2.16. The van der Waals surface area contributed by atoms with Crippen LogP contribution in [0.1, 0.15) is 11.7 Å². The molecule has 0 saturated carbocycles. The predicted octanol–water partition coefficient (Wildman–Crippen LogP) is 2.81. The zero-order chi connectivity index (χ0) is 12.6. The maximum Gasteiger partial charge on any atom is 0.228 e. The molecule has 0 heterocycles. The van der Waals surface area contributed by atoms with Crippen LogP contribution in [0.3, 0.4) is 0 Å². The smallest absolute Gasteiger partial charge is 0.228 e. The summed E-state index contributed by atoms with van der Waals surface area (Å²) in [5.41, 5.74) is 0.417. The van der Waals surface area contributed by atoms with Gasteiger partial charge in [0.05, 0.1) is 0 Å². The molecule has 1 aromatic rings. The highest BCUT2D eigenvalue weighted by Gasteiger charge is 2.44. The summed E-state index contributed by atoms with van der Waals surface area (Å²) in [6.45, 7) is 0. The van der Waals surface area contributed by atoms with Crippen molar-refractivity contribution < 1.29 is 13.5 Å². The molecule has 0 amide bonds. The zero-order valence-electron chi connectivity index (χ0n) is 8.19. The lowest BCUT2D eigenvalue weighted by Crippen LogP contribution is -2.32. The summed E-state index contributed by atoms with van der Waals surface area (Å²) >= 11 is 11.9. The molecule has 2 atom stereocenters. The van der Waals surface area contributed by atoms with Crippen LogP contribution in [0.5, 0.6) is 0 Å². The largest absolute Gasteiger partial charge is 0.385 e. The molecule has 90 valence electrons. The lowest BCUT2D eigenvalue weighted by molar-refractivity contribution is 0.185. The molecule has 0 spiro atoms. The second kappa shape index (κ2) is 4.94. The fourth-order valence-electron chi connectivity index (χ4n) is 1.04. The van der Waals surface area contributed by atoms with Gasteiger partial charge in [0, 0.05) is 10.7 Å². The second-order valence-corrected chi connectivity index (χ2v) is 9.44. The van der Waals surface area contributed by atoms with E-state index in [0.29, 0.717) is 5.56 Å². The highest BCUT2D eigenvalue weighted by Crippen LogP contribution is 2.42. The van der Waals surface area contributed by atoms with Crippen LogP contribution in [0.15, 0.2) is 28.7 Å².